The molecule has 0 saturated carbocycles. The molecule has 0 radical (unpaired) electrons. The van der Waals surface area contributed by atoms with Crippen molar-refractivity contribution in [1.29, 1.82) is 0 Å². The van der Waals surface area contributed by atoms with Crippen molar-refractivity contribution >= 4 is 75.7 Å². The van der Waals surface area contributed by atoms with Crippen LogP contribution in [0.3, 0.4) is 0 Å². The average molecular weight is 479 g/mol. The topological polar surface area (TPSA) is 207 Å². The van der Waals surface area contributed by atoms with Gasteiger partial charge >= 0.3 is 0 Å². The maximum Gasteiger partial charge on any atom is 0.295 e. The number of hydrogen-bond donors (Lipinski definition) is 2. The standard InChI is InChI=1S/C8H6N4O8S6/c9-25(17,18)5-1-3(11(13)14)7(21-5)23-24-8-4(12(15)16)2-6(22-8)26(10,19)20/h1-2H,(H2,9,17,18)(H2,10,19,20). The normalized spacial score (nSPS) is 12.2. The van der Waals surface area contributed by atoms with Gasteiger partial charge in [0, 0.05) is 12.1 Å². The van der Waals surface area contributed by atoms with Gasteiger partial charge in [0.1, 0.15) is 8.42 Å². The van der Waals surface area contributed by atoms with E-state index in [0.717, 1.165) is 12.1 Å². The van der Waals surface area contributed by atoms with Crippen LogP contribution in [0.5, 0.6) is 0 Å². The van der Waals surface area contributed by atoms with Gasteiger partial charge in [-0.15, -0.1) is 22.7 Å². The zero-order valence-corrected chi connectivity index (χ0v) is 16.8. The molecule has 2 aromatic rings. The van der Waals surface area contributed by atoms with Crippen LogP contribution in [0.2, 0.25) is 0 Å². The minimum atomic E-state index is -4.17. The molecule has 0 fully saturated rings. The maximum atomic E-state index is 11.3. The first-order valence-electron chi connectivity index (χ1n) is 5.77. The Morgan fingerprint density at radius 3 is 1.35 bits per heavy atom. The molecule has 0 atom stereocenters. The smallest absolute Gasteiger partial charge is 0.258 e. The molecule has 2 rings (SSSR count). The molecule has 0 unspecified atom stereocenters. The Bertz CT molecular complexity index is 1010. The molecule has 12 nitrogen and oxygen atoms in total. The molecule has 0 aliphatic carbocycles. The Morgan fingerprint density at radius 2 is 1.12 bits per heavy atom. The number of hydrogen-bond acceptors (Lipinski definition) is 12. The third kappa shape index (κ3) is 4.71. The van der Waals surface area contributed by atoms with Crippen LogP contribution in [-0.2, 0) is 20.0 Å². The fourth-order valence-corrected chi connectivity index (χ4v) is 8.49. The molecule has 0 spiro atoms. The Balaban J connectivity index is 2.40. The molecule has 18 heteroatoms. The minimum absolute atomic E-state index is 0.0797. The van der Waals surface area contributed by atoms with E-state index in [1.54, 1.807) is 0 Å². The van der Waals surface area contributed by atoms with E-state index in [1.165, 1.54) is 0 Å². The summed E-state index contributed by atoms with van der Waals surface area (Å²) in [6.45, 7) is 0. The number of sulfonamides is 2. The molecule has 26 heavy (non-hydrogen) atoms. The van der Waals surface area contributed by atoms with E-state index in [9.17, 15) is 37.1 Å². The summed E-state index contributed by atoms with van der Waals surface area (Å²) < 4.78 is 44.3. The Kier molecular flexibility index (Phi) is 5.97. The highest BCUT2D eigenvalue weighted by Gasteiger charge is 2.28. The van der Waals surface area contributed by atoms with Gasteiger partial charge < -0.3 is 0 Å². The highest BCUT2D eigenvalue weighted by Crippen LogP contribution is 2.51. The van der Waals surface area contributed by atoms with Crippen molar-refractivity contribution in [2.45, 2.75) is 16.8 Å². The first-order valence-corrected chi connectivity index (χ1v) is 12.6. The van der Waals surface area contributed by atoms with E-state index >= 15 is 0 Å². The van der Waals surface area contributed by atoms with Crippen molar-refractivity contribution < 1.29 is 26.7 Å². The molecule has 4 N–H and O–H groups in total. The van der Waals surface area contributed by atoms with Crippen LogP contribution in [-0.4, -0.2) is 26.7 Å². The molecule has 0 aliphatic heterocycles. The number of nitrogens with two attached hydrogens (primary N) is 2. The third-order valence-electron chi connectivity index (χ3n) is 2.46. The van der Waals surface area contributed by atoms with Crippen molar-refractivity contribution in [3.8, 4) is 0 Å². The molecule has 2 aromatic heterocycles. The van der Waals surface area contributed by atoms with Gasteiger partial charge in [0.25, 0.3) is 11.4 Å². The van der Waals surface area contributed by atoms with Gasteiger partial charge in [0.2, 0.25) is 20.0 Å². The van der Waals surface area contributed by atoms with Crippen molar-refractivity contribution in [3.05, 3.63) is 32.4 Å². The highest BCUT2D eigenvalue weighted by molar-refractivity contribution is 8.77. The van der Waals surface area contributed by atoms with E-state index in [0.29, 0.717) is 44.3 Å². The Hall–Kier alpha value is -1.28. The first kappa shape index (κ1) is 21.0. The van der Waals surface area contributed by atoms with Crippen LogP contribution in [0.15, 0.2) is 29.0 Å². The van der Waals surface area contributed by atoms with Gasteiger partial charge in [-0.2, -0.15) is 0 Å². The SMILES string of the molecule is NS(=O)(=O)c1cc([N+](=O)[O-])c(SSc2sc(S(N)(=O)=O)cc2[N+](=O)[O-])s1. The molecule has 0 amide bonds. The molecule has 142 valence electrons. The van der Waals surface area contributed by atoms with Crippen LogP contribution >= 0.6 is 44.3 Å². The molecule has 2 heterocycles. The average Bonchev–Trinajstić information content (AvgIpc) is 3.08. The maximum absolute atomic E-state index is 11.3. The fourth-order valence-electron chi connectivity index (χ4n) is 1.42. The van der Waals surface area contributed by atoms with Crippen LogP contribution in [0, 0.1) is 20.2 Å². The monoisotopic (exact) mass is 478 g/mol. The van der Waals surface area contributed by atoms with Crippen molar-refractivity contribution in [2.24, 2.45) is 10.3 Å². The summed E-state index contributed by atoms with van der Waals surface area (Å²) in [6.07, 6.45) is 0. The van der Waals surface area contributed by atoms with Crippen molar-refractivity contribution in [1.82, 2.24) is 0 Å². The van der Waals surface area contributed by atoms with Crippen LogP contribution in [0.25, 0.3) is 0 Å². The third-order valence-corrected chi connectivity index (χ3v) is 10.8. The predicted octanol–water partition coefficient (Wildman–Crippen LogP) is 1.72. The van der Waals surface area contributed by atoms with E-state index in [1.807, 2.05) is 0 Å². The lowest BCUT2D eigenvalue weighted by Crippen LogP contribution is -2.09. The number of thiophene rings is 2. The summed E-state index contributed by atoms with van der Waals surface area (Å²) in [5.74, 6) is 0. The highest BCUT2D eigenvalue weighted by atomic mass is 33.1. The zero-order valence-electron chi connectivity index (χ0n) is 11.9. The predicted molar refractivity (Wildman–Crippen MR) is 96.4 cm³/mol. The summed E-state index contributed by atoms with van der Waals surface area (Å²) >= 11 is 1.04. The second kappa shape index (κ2) is 7.38. The van der Waals surface area contributed by atoms with E-state index in [2.05, 4.69) is 0 Å². The van der Waals surface area contributed by atoms with Gasteiger partial charge in [0.15, 0.2) is 8.42 Å². The second-order valence-corrected chi connectivity index (χ2v) is 12.6. The second-order valence-electron chi connectivity index (χ2n) is 4.25. The molecule has 0 saturated heterocycles. The number of nitro groups is 2. The molecular weight excluding hydrogens is 473 g/mol. The van der Waals surface area contributed by atoms with E-state index in [-0.39, 0.29) is 8.42 Å². The molecule has 0 aromatic carbocycles. The van der Waals surface area contributed by atoms with Gasteiger partial charge in [-0.3, -0.25) is 20.2 Å². The van der Waals surface area contributed by atoms with Gasteiger partial charge in [-0.05, 0) is 21.6 Å². The lowest BCUT2D eigenvalue weighted by molar-refractivity contribution is -0.387. The molecule has 0 aliphatic rings. The summed E-state index contributed by atoms with van der Waals surface area (Å²) in [6, 6.07) is 1.56. The number of nitrogens with zero attached hydrogens (tertiary/aromatic N) is 2. The summed E-state index contributed by atoms with van der Waals surface area (Å²) in [5.41, 5.74) is -1.08. The Labute approximate surface area is 161 Å². The quantitative estimate of drug-likeness (QED) is 0.334. The summed E-state index contributed by atoms with van der Waals surface area (Å²) in [5, 5.41) is 31.9. The van der Waals surface area contributed by atoms with Crippen LogP contribution in [0.1, 0.15) is 0 Å². The fraction of sp³-hybridized carbons (Fsp3) is 0. The summed E-state index contributed by atoms with van der Waals surface area (Å²) in [7, 11) is -7.01. The summed E-state index contributed by atoms with van der Waals surface area (Å²) in [4.78, 5) is 20.4. The molecular formula is C8H6N4O8S6. The largest absolute Gasteiger partial charge is 0.295 e. The zero-order chi connectivity index (χ0) is 19.9. The van der Waals surface area contributed by atoms with Crippen molar-refractivity contribution in [2.75, 3.05) is 0 Å². The van der Waals surface area contributed by atoms with E-state index < -0.39 is 49.7 Å². The van der Waals surface area contributed by atoms with Crippen LogP contribution in [0.4, 0.5) is 11.4 Å². The number of primary sulfonamides is 2. The first-order chi connectivity index (χ1) is 11.8. The van der Waals surface area contributed by atoms with Crippen molar-refractivity contribution in [3.63, 3.8) is 0 Å². The Morgan fingerprint density at radius 1 is 0.808 bits per heavy atom. The molecule has 0 bridgehead atoms. The van der Waals surface area contributed by atoms with Gasteiger partial charge in [-0.25, -0.2) is 27.1 Å². The lowest BCUT2D eigenvalue weighted by atomic mass is 10.6. The van der Waals surface area contributed by atoms with Crippen LogP contribution < -0.4 is 10.3 Å². The lowest BCUT2D eigenvalue weighted by Gasteiger charge is -1.96. The van der Waals surface area contributed by atoms with Gasteiger partial charge in [0.05, 0.1) is 9.85 Å². The van der Waals surface area contributed by atoms with E-state index in [4.69, 9.17) is 10.3 Å². The van der Waals surface area contributed by atoms with Gasteiger partial charge in [-0.1, -0.05) is 0 Å². The minimum Gasteiger partial charge on any atom is -0.258 e. The number of rotatable bonds is 7.